The first-order chi connectivity index (χ1) is 8.59. The summed E-state index contributed by atoms with van der Waals surface area (Å²) in [6, 6.07) is 10.1. The number of benzene rings is 1. The average Bonchev–Trinajstić information content (AvgIpc) is 2.91. The summed E-state index contributed by atoms with van der Waals surface area (Å²) in [7, 11) is 0. The highest BCUT2D eigenvalue weighted by molar-refractivity contribution is 7.12. The Kier molecular flexibility index (Phi) is 3.94. The van der Waals surface area contributed by atoms with Crippen LogP contribution in [0.2, 0.25) is 5.02 Å². The molecule has 0 saturated heterocycles. The smallest absolute Gasteiger partial charge is 0.183 e. The Morgan fingerprint density at radius 1 is 1.11 bits per heavy atom. The second kappa shape index (κ2) is 5.46. The number of thiophene rings is 1. The van der Waals surface area contributed by atoms with E-state index in [2.05, 4.69) is 0 Å². The predicted molar refractivity (Wildman–Crippen MR) is 73.6 cm³/mol. The summed E-state index contributed by atoms with van der Waals surface area (Å²) in [5.74, 6) is -0.972. The summed E-state index contributed by atoms with van der Waals surface area (Å²) in [6.45, 7) is 1.64. The molecule has 2 nitrogen and oxygen atoms in total. The van der Waals surface area contributed by atoms with Crippen LogP contribution in [0.3, 0.4) is 0 Å². The molecule has 1 aromatic carbocycles. The van der Waals surface area contributed by atoms with E-state index >= 15 is 0 Å². The SMILES string of the molecule is C[C@H](C(=O)c1ccc(Cl)cc1)C(=O)c1cccs1. The fourth-order valence-electron chi connectivity index (χ4n) is 1.62. The molecule has 1 atom stereocenters. The second-order valence-corrected chi connectivity index (χ2v) is 5.32. The molecule has 92 valence electrons. The number of hydrogen-bond acceptors (Lipinski definition) is 3. The van der Waals surface area contributed by atoms with Crippen molar-refractivity contribution in [2.45, 2.75) is 6.92 Å². The maximum absolute atomic E-state index is 12.1. The number of rotatable bonds is 4. The maximum Gasteiger partial charge on any atom is 0.183 e. The molecule has 0 fully saturated rings. The predicted octanol–water partition coefficient (Wildman–Crippen LogP) is 4.10. The van der Waals surface area contributed by atoms with Gasteiger partial charge in [-0.3, -0.25) is 9.59 Å². The Balaban J connectivity index is 2.19. The van der Waals surface area contributed by atoms with Gasteiger partial charge in [-0.2, -0.15) is 0 Å². The van der Waals surface area contributed by atoms with Gasteiger partial charge in [0.1, 0.15) is 0 Å². The van der Waals surface area contributed by atoms with Crippen molar-refractivity contribution in [1.29, 1.82) is 0 Å². The number of hydrogen-bond donors (Lipinski definition) is 0. The van der Waals surface area contributed by atoms with E-state index in [1.54, 1.807) is 43.3 Å². The zero-order valence-corrected chi connectivity index (χ0v) is 11.3. The van der Waals surface area contributed by atoms with Crippen LogP contribution in [-0.4, -0.2) is 11.6 Å². The second-order valence-electron chi connectivity index (χ2n) is 3.93. The Hall–Kier alpha value is -1.45. The number of ketones is 2. The summed E-state index contributed by atoms with van der Waals surface area (Å²) in [5, 5.41) is 2.40. The Labute approximate surface area is 114 Å². The quantitative estimate of drug-likeness (QED) is 0.623. The van der Waals surface area contributed by atoms with Crippen molar-refractivity contribution in [1.82, 2.24) is 0 Å². The van der Waals surface area contributed by atoms with Gasteiger partial charge in [0.2, 0.25) is 0 Å². The van der Waals surface area contributed by atoms with Crippen LogP contribution in [0.5, 0.6) is 0 Å². The van der Waals surface area contributed by atoms with Gasteiger partial charge in [0.15, 0.2) is 11.6 Å². The largest absolute Gasteiger partial charge is 0.293 e. The number of carbonyl (C=O) groups is 2. The lowest BCUT2D eigenvalue weighted by atomic mass is 9.95. The van der Waals surface area contributed by atoms with Crippen molar-refractivity contribution in [3.05, 3.63) is 57.2 Å². The molecule has 0 radical (unpaired) electrons. The van der Waals surface area contributed by atoms with Gasteiger partial charge < -0.3 is 0 Å². The molecule has 18 heavy (non-hydrogen) atoms. The third-order valence-electron chi connectivity index (χ3n) is 2.68. The molecule has 0 aliphatic heterocycles. The molecule has 0 amide bonds. The first-order valence-corrected chi connectivity index (χ1v) is 6.73. The number of halogens is 1. The standard InChI is InChI=1S/C14H11ClO2S/c1-9(14(17)12-3-2-8-18-12)13(16)10-4-6-11(15)7-5-10/h2-9H,1H3/t9-/m1/s1. The molecule has 2 rings (SSSR count). The molecule has 0 unspecified atom stereocenters. The average molecular weight is 279 g/mol. The van der Waals surface area contributed by atoms with Crippen LogP contribution in [0.1, 0.15) is 27.0 Å². The third kappa shape index (κ3) is 2.68. The summed E-state index contributed by atoms with van der Waals surface area (Å²) in [6.07, 6.45) is 0. The lowest BCUT2D eigenvalue weighted by Gasteiger charge is -2.08. The van der Waals surface area contributed by atoms with Crippen LogP contribution in [0.25, 0.3) is 0 Å². The lowest BCUT2D eigenvalue weighted by molar-refractivity contribution is 0.0823. The van der Waals surface area contributed by atoms with Crippen LogP contribution in [0.15, 0.2) is 41.8 Å². The highest BCUT2D eigenvalue weighted by Gasteiger charge is 2.24. The summed E-state index contributed by atoms with van der Waals surface area (Å²) >= 11 is 7.11. The molecule has 1 aromatic heterocycles. The molecular formula is C14H11ClO2S. The Morgan fingerprint density at radius 3 is 2.33 bits per heavy atom. The van der Waals surface area contributed by atoms with Crippen LogP contribution in [-0.2, 0) is 0 Å². The summed E-state index contributed by atoms with van der Waals surface area (Å²) < 4.78 is 0. The molecule has 0 N–H and O–H groups in total. The van der Waals surface area contributed by atoms with Gasteiger partial charge in [-0.15, -0.1) is 11.3 Å². The minimum Gasteiger partial charge on any atom is -0.293 e. The van der Waals surface area contributed by atoms with Crippen LogP contribution < -0.4 is 0 Å². The van der Waals surface area contributed by atoms with Gasteiger partial charge in [-0.05, 0) is 42.6 Å². The molecule has 4 heteroatoms. The molecule has 0 aliphatic carbocycles. The molecular weight excluding hydrogens is 268 g/mol. The van der Waals surface area contributed by atoms with Crippen molar-refractivity contribution in [3.63, 3.8) is 0 Å². The Bertz CT molecular complexity index is 558. The van der Waals surface area contributed by atoms with E-state index in [-0.39, 0.29) is 11.6 Å². The van der Waals surface area contributed by atoms with Gasteiger partial charge in [0.05, 0.1) is 10.8 Å². The van der Waals surface area contributed by atoms with Crippen molar-refractivity contribution in [2.24, 2.45) is 5.92 Å². The summed E-state index contributed by atoms with van der Waals surface area (Å²) in [4.78, 5) is 24.8. The van der Waals surface area contributed by atoms with Crippen LogP contribution in [0.4, 0.5) is 0 Å². The van der Waals surface area contributed by atoms with E-state index in [0.717, 1.165) is 0 Å². The highest BCUT2D eigenvalue weighted by Crippen LogP contribution is 2.19. The molecule has 2 aromatic rings. The van der Waals surface area contributed by atoms with Gasteiger partial charge in [-0.25, -0.2) is 0 Å². The molecule has 0 spiro atoms. The topological polar surface area (TPSA) is 34.1 Å². The van der Waals surface area contributed by atoms with E-state index in [1.807, 2.05) is 5.38 Å². The minimum atomic E-state index is -0.662. The highest BCUT2D eigenvalue weighted by atomic mass is 35.5. The van der Waals surface area contributed by atoms with E-state index < -0.39 is 5.92 Å². The number of carbonyl (C=O) groups excluding carboxylic acids is 2. The first kappa shape index (κ1) is 13.0. The summed E-state index contributed by atoms with van der Waals surface area (Å²) in [5.41, 5.74) is 0.511. The van der Waals surface area contributed by atoms with Crippen LogP contribution >= 0.6 is 22.9 Å². The van der Waals surface area contributed by atoms with Crippen molar-refractivity contribution < 1.29 is 9.59 Å². The van der Waals surface area contributed by atoms with Gasteiger partial charge in [0.25, 0.3) is 0 Å². The van der Waals surface area contributed by atoms with Crippen molar-refractivity contribution in [2.75, 3.05) is 0 Å². The Morgan fingerprint density at radius 2 is 1.78 bits per heavy atom. The minimum absolute atomic E-state index is 0.134. The fraction of sp³-hybridized carbons (Fsp3) is 0.143. The van der Waals surface area contributed by atoms with E-state index in [1.165, 1.54) is 11.3 Å². The molecule has 0 aliphatic rings. The number of Topliss-reactive ketones (excluding diaryl/α,β-unsaturated/α-hetero) is 2. The fourth-order valence-corrected chi connectivity index (χ4v) is 2.50. The normalized spacial score (nSPS) is 12.1. The monoisotopic (exact) mass is 278 g/mol. The third-order valence-corrected chi connectivity index (χ3v) is 3.82. The van der Waals surface area contributed by atoms with E-state index in [0.29, 0.717) is 15.5 Å². The maximum atomic E-state index is 12.1. The molecule has 0 saturated carbocycles. The van der Waals surface area contributed by atoms with Gasteiger partial charge in [0, 0.05) is 10.6 Å². The van der Waals surface area contributed by atoms with E-state index in [4.69, 9.17) is 11.6 Å². The van der Waals surface area contributed by atoms with Gasteiger partial charge in [-0.1, -0.05) is 17.7 Å². The van der Waals surface area contributed by atoms with Crippen LogP contribution in [0, 0.1) is 5.92 Å². The molecule has 1 heterocycles. The lowest BCUT2D eigenvalue weighted by Crippen LogP contribution is -2.20. The van der Waals surface area contributed by atoms with E-state index in [9.17, 15) is 9.59 Å². The molecule has 0 bridgehead atoms. The van der Waals surface area contributed by atoms with Crippen molar-refractivity contribution >= 4 is 34.5 Å². The van der Waals surface area contributed by atoms with Gasteiger partial charge >= 0.3 is 0 Å². The zero-order valence-electron chi connectivity index (χ0n) is 9.72. The zero-order chi connectivity index (χ0) is 13.1. The van der Waals surface area contributed by atoms with Crippen molar-refractivity contribution in [3.8, 4) is 0 Å². The first-order valence-electron chi connectivity index (χ1n) is 5.47.